The molecule has 0 bridgehead atoms. The van der Waals surface area contributed by atoms with Gasteiger partial charge in [0, 0.05) is 12.5 Å². The second-order valence-electron chi connectivity index (χ2n) is 5.70. The van der Waals surface area contributed by atoms with E-state index < -0.39 is 6.03 Å². The number of hydrogen-bond donors (Lipinski definition) is 2. The van der Waals surface area contributed by atoms with E-state index in [9.17, 15) is 9.59 Å². The second kappa shape index (κ2) is 6.76. The van der Waals surface area contributed by atoms with E-state index in [1.165, 1.54) is 6.42 Å². The van der Waals surface area contributed by atoms with Crippen molar-refractivity contribution in [1.29, 1.82) is 0 Å². The van der Waals surface area contributed by atoms with Gasteiger partial charge in [0.2, 0.25) is 5.91 Å². The zero-order chi connectivity index (χ0) is 15.4. The van der Waals surface area contributed by atoms with Gasteiger partial charge in [-0.15, -0.1) is 0 Å². The highest BCUT2D eigenvalue weighted by Crippen LogP contribution is 2.47. The summed E-state index contributed by atoms with van der Waals surface area (Å²) in [7, 11) is 1.82. The van der Waals surface area contributed by atoms with Gasteiger partial charge in [0.05, 0.1) is 13.1 Å². The van der Waals surface area contributed by atoms with Gasteiger partial charge in [0.1, 0.15) is 11.5 Å². The maximum atomic E-state index is 11.7. The maximum Gasteiger partial charge on any atom is 0.321 e. The Bertz CT molecular complexity index is 512. The first-order valence-corrected chi connectivity index (χ1v) is 7.34. The van der Waals surface area contributed by atoms with Crippen molar-refractivity contribution in [2.45, 2.75) is 32.7 Å². The molecular formula is C15H23N3O3. The Balaban J connectivity index is 1.76. The van der Waals surface area contributed by atoms with Crippen LogP contribution in [0.25, 0.3) is 0 Å². The van der Waals surface area contributed by atoms with Crippen LogP contribution in [-0.4, -0.2) is 37.0 Å². The number of carbonyl (C=O) groups is 2. The molecule has 1 fully saturated rings. The molecule has 21 heavy (non-hydrogen) atoms. The molecule has 2 unspecified atom stereocenters. The minimum atomic E-state index is -0.459. The average molecular weight is 293 g/mol. The molecule has 3 amide bonds. The van der Waals surface area contributed by atoms with Crippen molar-refractivity contribution in [2.24, 2.45) is 5.92 Å². The summed E-state index contributed by atoms with van der Waals surface area (Å²) in [6.45, 7) is 5.19. The van der Waals surface area contributed by atoms with E-state index in [2.05, 4.69) is 17.6 Å². The summed E-state index contributed by atoms with van der Waals surface area (Å²) in [5.41, 5.74) is 0. The van der Waals surface area contributed by atoms with E-state index in [0.717, 1.165) is 11.5 Å². The van der Waals surface area contributed by atoms with Crippen molar-refractivity contribution in [3.8, 4) is 0 Å². The van der Waals surface area contributed by atoms with Crippen molar-refractivity contribution in [3.05, 3.63) is 23.7 Å². The first-order valence-electron chi connectivity index (χ1n) is 7.34. The van der Waals surface area contributed by atoms with Gasteiger partial charge < -0.3 is 9.73 Å². The van der Waals surface area contributed by atoms with Crippen LogP contribution in [0, 0.1) is 5.92 Å². The van der Waals surface area contributed by atoms with E-state index in [1.807, 2.05) is 24.1 Å². The Hall–Kier alpha value is -1.82. The lowest BCUT2D eigenvalue weighted by Crippen LogP contribution is -2.43. The van der Waals surface area contributed by atoms with Crippen LogP contribution in [0.15, 0.2) is 16.5 Å². The third-order valence-corrected chi connectivity index (χ3v) is 3.59. The molecular weight excluding hydrogens is 270 g/mol. The van der Waals surface area contributed by atoms with Gasteiger partial charge in [-0.1, -0.05) is 6.92 Å². The van der Waals surface area contributed by atoms with Crippen molar-refractivity contribution >= 4 is 11.9 Å². The molecule has 2 N–H and O–H groups in total. The SMILES string of the molecule is CCNC(=O)NC(=O)CN(C)Cc1ccc(C2CC2C)o1. The predicted molar refractivity (Wildman–Crippen MR) is 78.8 cm³/mol. The molecule has 6 heteroatoms. The smallest absolute Gasteiger partial charge is 0.321 e. The van der Waals surface area contributed by atoms with Gasteiger partial charge in [-0.05, 0) is 38.4 Å². The van der Waals surface area contributed by atoms with E-state index in [-0.39, 0.29) is 12.5 Å². The summed E-state index contributed by atoms with van der Waals surface area (Å²) >= 11 is 0. The average Bonchev–Trinajstić information content (AvgIpc) is 2.94. The number of nitrogens with one attached hydrogen (secondary N) is 2. The van der Waals surface area contributed by atoms with Crippen molar-refractivity contribution < 1.29 is 14.0 Å². The van der Waals surface area contributed by atoms with Crippen molar-refractivity contribution in [3.63, 3.8) is 0 Å². The number of nitrogens with zero attached hydrogens (tertiary/aromatic N) is 1. The molecule has 116 valence electrons. The Labute approximate surface area is 124 Å². The second-order valence-corrected chi connectivity index (χ2v) is 5.70. The lowest BCUT2D eigenvalue weighted by Gasteiger charge is -2.14. The van der Waals surface area contributed by atoms with E-state index in [0.29, 0.717) is 24.9 Å². The normalized spacial score (nSPS) is 20.4. The number of amides is 3. The topological polar surface area (TPSA) is 74.6 Å². The number of carbonyl (C=O) groups excluding carboxylic acids is 2. The summed E-state index contributed by atoms with van der Waals surface area (Å²) in [6, 6.07) is 3.52. The van der Waals surface area contributed by atoms with Crippen molar-refractivity contribution in [2.75, 3.05) is 20.1 Å². The van der Waals surface area contributed by atoms with Crippen LogP contribution >= 0.6 is 0 Å². The van der Waals surface area contributed by atoms with E-state index >= 15 is 0 Å². The fraction of sp³-hybridized carbons (Fsp3) is 0.600. The van der Waals surface area contributed by atoms with Crippen LogP contribution in [-0.2, 0) is 11.3 Å². The Morgan fingerprint density at radius 3 is 2.76 bits per heavy atom. The van der Waals surface area contributed by atoms with Crippen LogP contribution in [0.3, 0.4) is 0 Å². The summed E-state index contributed by atoms with van der Waals surface area (Å²) in [6.07, 6.45) is 1.19. The summed E-state index contributed by atoms with van der Waals surface area (Å²) in [4.78, 5) is 24.7. The summed E-state index contributed by atoms with van der Waals surface area (Å²) in [5.74, 6) is 2.83. The number of rotatable bonds is 6. The van der Waals surface area contributed by atoms with Crippen LogP contribution in [0.1, 0.15) is 37.7 Å². The molecule has 1 heterocycles. The predicted octanol–water partition coefficient (Wildman–Crippen LogP) is 1.68. The molecule has 1 aliphatic carbocycles. The fourth-order valence-corrected chi connectivity index (χ4v) is 2.34. The molecule has 0 aliphatic heterocycles. The molecule has 2 rings (SSSR count). The summed E-state index contributed by atoms with van der Waals surface area (Å²) < 4.78 is 5.80. The third kappa shape index (κ3) is 4.60. The molecule has 1 saturated carbocycles. The minimum absolute atomic E-state index is 0.146. The molecule has 0 spiro atoms. The number of imide groups is 1. The number of furan rings is 1. The number of likely N-dealkylation sites (N-methyl/N-ethyl adjacent to an activating group) is 1. The third-order valence-electron chi connectivity index (χ3n) is 3.59. The first kappa shape index (κ1) is 15.6. The minimum Gasteiger partial charge on any atom is -0.464 e. The lowest BCUT2D eigenvalue weighted by molar-refractivity contribution is -0.121. The molecule has 0 aromatic carbocycles. The first-order chi connectivity index (χ1) is 9.99. The van der Waals surface area contributed by atoms with Crippen molar-refractivity contribution in [1.82, 2.24) is 15.5 Å². The highest BCUT2D eigenvalue weighted by molar-refractivity contribution is 5.95. The van der Waals surface area contributed by atoms with Gasteiger partial charge in [-0.3, -0.25) is 15.0 Å². The number of hydrogen-bond acceptors (Lipinski definition) is 4. The molecule has 6 nitrogen and oxygen atoms in total. The Morgan fingerprint density at radius 1 is 1.43 bits per heavy atom. The highest BCUT2D eigenvalue weighted by atomic mass is 16.3. The van der Waals surface area contributed by atoms with Gasteiger partial charge in [0.25, 0.3) is 0 Å². The molecule has 1 aromatic heterocycles. The zero-order valence-corrected chi connectivity index (χ0v) is 12.8. The molecule has 0 saturated heterocycles. The Kier molecular flexibility index (Phi) is 5.01. The van der Waals surface area contributed by atoms with Crippen LogP contribution < -0.4 is 10.6 Å². The Morgan fingerprint density at radius 2 is 2.14 bits per heavy atom. The molecule has 1 aliphatic rings. The van der Waals surface area contributed by atoms with Crippen LogP contribution in [0.4, 0.5) is 4.79 Å². The molecule has 0 radical (unpaired) electrons. The lowest BCUT2D eigenvalue weighted by atomic mass is 10.3. The summed E-state index contributed by atoms with van der Waals surface area (Å²) in [5, 5.41) is 4.79. The largest absolute Gasteiger partial charge is 0.464 e. The zero-order valence-electron chi connectivity index (χ0n) is 12.8. The van der Waals surface area contributed by atoms with E-state index in [1.54, 1.807) is 6.92 Å². The van der Waals surface area contributed by atoms with Crippen LogP contribution in [0.5, 0.6) is 0 Å². The van der Waals surface area contributed by atoms with Gasteiger partial charge in [-0.25, -0.2) is 4.79 Å². The van der Waals surface area contributed by atoms with Gasteiger partial charge in [0.15, 0.2) is 0 Å². The van der Waals surface area contributed by atoms with Crippen LogP contribution in [0.2, 0.25) is 0 Å². The maximum absolute atomic E-state index is 11.7. The monoisotopic (exact) mass is 293 g/mol. The fourth-order valence-electron chi connectivity index (χ4n) is 2.34. The standard InChI is InChI=1S/C15H23N3O3/c1-4-16-15(20)17-14(19)9-18(3)8-11-5-6-13(21-11)12-7-10(12)2/h5-6,10,12H,4,7-9H2,1-3H3,(H2,16,17,19,20). The van der Waals surface area contributed by atoms with Gasteiger partial charge >= 0.3 is 6.03 Å². The molecule has 2 atom stereocenters. The number of urea groups is 1. The van der Waals surface area contributed by atoms with Gasteiger partial charge in [-0.2, -0.15) is 0 Å². The quantitative estimate of drug-likeness (QED) is 0.837. The molecule has 1 aromatic rings. The highest BCUT2D eigenvalue weighted by Gasteiger charge is 2.36. The van der Waals surface area contributed by atoms with E-state index in [4.69, 9.17) is 4.42 Å².